The van der Waals surface area contributed by atoms with E-state index in [1.54, 1.807) is 12.1 Å². The Balaban J connectivity index is 2.14. The standard InChI is InChI=1S/C15H23NO4S/c1-11-3-4-15(9-14(11)10-17)21(18,19)16-12(2)13-5-7-20-8-6-13/h3-4,9,12-13,16-17H,5-8,10H2,1-2H3. The predicted molar refractivity (Wildman–Crippen MR) is 80.4 cm³/mol. The number of rotatable bonds is 5. The molecule has 1 fully saturated rings. The fourth-order valence-corrected chi connectivity index (χ4v) is 3.97. The Morgan fingerprint density at radius 2 is 2.05 bits per heavy atom. The van der Waals surface area contributed by atoms with Crippen molar-refractivity contribution in [1.29, 1.82) is 0 Å². The number of benzene rings is 1. The second-order valence-corrected chi connectivity index (χ2v) is 7.32. The van der Waals surface area contributed by atoms with Crippen molar-refractivity contribution >= 4 is 10.0 Å². The Kier molecular flexibility index (Phi) is 5.37. The average molecular weight is 313 g/mol. The third kappa shape index (κ3) is 4.03. The number of hydrogen-bond acceptors (Lipinski definition) is 4. The number of ether oxygens (including phenoxy) is 1. The van der Waals surface area contributed by atoms with Crippen LogP contribution >= 0.6 is 0 Å². The Hall–Kier alpha value is -0.950. The Labute approximate surface area is 126 Å². The van der Waals surface area contributed by atoms with E-state index in [4.69, 9.17) is 4.74 Å². The molecule has 0 aromatic heterocycles. The van der Waals surface area contributed by atoms with Gasteiger partial charge < -0.3 is 9.84 Å². The summed E-state index contributed by atoms with van der Waals surface area (Å²) in [6, 6.07) is 4.71. The molecule has 1 unspecified atom stereocenters. The van der Waals surface area contributed by atoms with Gasteiger partial charge in [-0.05, 0) is 55.9 Å². The molecule has 0 spiro atoms. The van der Waals surface area contributed by atoms with Gasteiger partial charge >= 0.3 is 0 Å². The zero-order valence-electron chi connectivity index (χ0n) is 12.5. The van der Waals surface area contributed by atoms with Gasteiger partial charge in [-0.1, -0.05) is 6.07 Å². The third-order valence-electron chi connectivity index (χ3n) is 4.12. The van der Waals surface area contributed by atoms with Crippen LogP contribution in [0.4, 0.5) is 0 Å². The highest BCUT2D eigenvalue weighted by Crippen LogP contribution is 2.21. The molecule has 1 aliphatic heterocycles. The first-order valence-electron chi connectivity index (χ1n) is 7.24. The molecule has 6 heteroatoms. The molecule has 1 heterocycles. The van der Waals surface area contributed by atoms with Crippen molar-refractivity contribution in [2.75, 3.05) is 13.2 Å². The van der Waals surface area contributed by atoms with E-state index in [9.17, 15) is 13.5 Å². The Bertz CT molecular complexity index is 579. The molecule has 5 nitrogen and oxygen atoms in total. The highest BCUT2D eigenvalue weighted by Gasteiger charge is 2.25. The second-order valence-electron chi connectivity index (χ2n) is 5.61. The van der Waals surface area contributed by atoms with Crippen LogP contribution in [0.3, 0.4) is 0 Å². The van der Waals surface area contributed by atoms with Gasteiger partial charge in [0.25, 0.3) is 0 Å². The van der Waals surface area contributed by atoms with E-state index < -0.39 is 10.0 Å². The highest BCUT2D eigenvalue weighted by atomic mass is 32.2. The molecule has 118 valence electrons. The number of aliphatic hydroxyl groups excluding tert-OH is 1. The Morgan fingerprint density at radius 3 is 2.67 bits per heavy atom. The maximum atomic E-state index is 12.4. The van der Waals surface area contributed by atoms with Gasteiger partial charge in [0.15, 0.2) is 0 Å². The Morgan fingerprint density at radius 1 is 1.38 bits per heavy atom. The van der Waals surface area contributed by atoms with Gasteiger partial charge in [0.1, 0.15) is 0 Å². The van der Waals surface area contributed by atoms with Crippen LogP contribution in [-0.2, 0) is 21.4 Å². The molecule has 1 atom stereocenters. The predicted octanol–water partition coefficient (Wildman–Crippen LogP) is 1.58. The van der Waals surface area contributed by atoms with Crippen LogP contribution in [0.2, 0.25) is 0 Å². The molecule has 2 N–H and O–H groups in total. The maximum Gasteiger partial charge on any atom is 0.240 e. The van der Waals surface area contributed by atoms with Crippen molar-refractivity contribution in [3.63, 3.8) is 0 Å². The van der Waals surface area contributed by atoms with E-state index in [-0.39, 0.29) is 17.5 Å². The first-order valence-corrected chi connectivity index (χ1v) is 8.73. The number of aliphatic hydroxyl groups is 1. The normalized spacial score (nSPS) is 18.6. The van der Waals surface area contributed by atoms with E-state index in [1.807, 2.05) is 13.8 Å². The van der Waals surface area contributed by atoms with Crippen molar-refractivity contribution in [3.8, 4) is 0 Å². The third-order valence-corrected chi connectivity index (χ3v) is 5.67. The minimum Gasteiger partial charge on any atom is -0.392 e. The summed E-state index contributed by atoms with van der Waals surface area (Å²) in [6.07, 6.45) is 1.75. The molecule has 0 radical (unpaired) electrons. The summed E-state index contributed by atoms with van der Waals surface area (Å²) in [5, 5.41) is 9.27. The summed E-state index contributed by atoms with van der Waals surface area (Å²) in [5.74, 6) is 0.302. The number of nitrogens with one attached hydrogen (secondary N) is 1. The smallest absolute Gasteiger partial charge is 0.240 e. The van der Waals surface area contributed by atoms with E-state index in [0.717, 1.165) is 18.4 Å². The fraction of sp³-hybridized carbons (Fsp3) is 0.600. The van der Waals surface area contributed by atoms with Gasteiger partial charge in [0, 0.05) is 19.3 Å². The topological polar surface area (TPSA) is 75.6 Å². The lowest BCUT2D eigenvalue weighted by atomic mass is 9.94. The maximum absolute atomic E-state index is 12.4. The number of sulfonamides is 1. The summed E-state index contributed by atoms with van der Waals surface area (Å²) >= 11 is 0. The molecule has 1 saturated heterocycles. The van der Waals surface area contributed by atoms with E-state index in [0.29, 0.717) is 24.7 Å². The molecule has 1 aliphatic rings. The van der Waals surface area contributed by atoms with Gasteiger partial charge in [-0.3, -0.25) is 0 Å². The molecule has 0 aliphatic carbocycles. The van der Waals surface area contributed by atoms with Crippen LogP contribution in [0.15, 0.2) is 23.1 Å². The van der Waals surface area contributed by atoms with Crippen molar-refractivity contribution in [3.05, 3.63) is 29.3 Å². The molecule has 21 heavy (non-hydrogen) atoms. The van der Waals surface area contributed by atoms with Gasteiger partial charge in [0.2, 0.25) is 10.0 Å². The van der Waals surface area contributed by atoms with Crippen molar-refractivity contribution < 1.29 is 18.3 Å². The highest BCUT2D eigenvalue weighted by molar-refractivity contribution is 7.89. The molecule has 0 saturated carbocycles. The van der Waals surface area contributed by atoms with Crippen LogP contribution in [0.5, 0.6) is 0 Å². The summed E-state index contributed by atoms with van der Waals surface area (Å²) in [6.45, 7) is 4.96. The van der Waals surface area contributed by atoms with E-state index in [2.05, 4.69) is 4.72 Å². The van der Waals surface area contributed by atoms with E-state index in [1.165, 1.54) is 6.07 Å². The first kappa shape index (κ1) is 16.4. The summed E-state index contributed by atoms with van der Waals surface area (Å²) in [7, 11) is -3.56. The summed E-state index contributed by atoms with van der Waals surface area (Å²) in [5.41, 5.74) is 1.52. The number of aryl methyl sites for hydroxylation is 1. The van der Waals surface area contributed by atoms with Crippen LogP contribution in [0.1, 0.15) is 30.9 Å². The van der Waals surface area contributed by atoms with Crippen molar-refractivity contribution in [2.45, 2.75) is 44.2 Å². The van der Waals surface area contributed by atoms with Crippen LogP contribution in [0.25, 0.3) is 0 Å². The number of hydrogen-bond donors (Lipinski definition) is 2. The average Bonchev–Trinajstić information content (AvgIpc) is 2.48. The van der Waals surface area contributed by atoms with Gasteiger partial charge in [0.05, 0.1) is 11.5 Å². The monoisotopic (exact) mass is 313 g/mol. The minimum atomic E-state index is -3.56. The minimum absolute atomic E-state index is 0.127. The van der Waals surface area contributed by atoms with Crippen LogP contribution in [-0.4, -0.2) is 32.8 Å². The lowest BCUT2D eigenvalue weighted by Crippen LogP contribution is -2.40. The van der Waals surface area contributed by atoms with Gasteiger partial charge in [-0.2, -0.15) is 0 Å². The van der Waals surface area contributed by atoms with E-state index >= 15 is 0 Å². The first-order chi connectivity index (χ1) is 9.94. The molecule has 1 aromatic carbocycles. The summed E-state index contributed by atoms with van der Waals surface area (Å²) < 4.78 is 32.9. The molecular weight excluding hydrogens is 290 g/mol. The quantitative estimate of drug-likeness (QED) is 0.865. The molecule has 2 rings (SSSR count). The molecule has 1 aromatic rings. The molecule has 0 amide bonds. The lowest BCUT2D eigenvalue weighted by Gasteiger charge is -2.28. The zero-order valence-corrected chi connectivity index (χ0v) is 13.3. The molecule has 0 bridgehead atoms. The van der Waals surface area contributed by atoms with Gasteiger partial charge in [-0.25, -0.2) is 13.1 Å². The fourth-order valence-electron chi connectivity index (χ4n) is 2.61. The van der Waals surface area contributed by atoms with Crippen molar-refractivity contribution in [1.82, 2.24) is 4.72 Å². The molecular formula is C15H23NO4S. The SMILES string of the molecule is Cc1ccc(S(=O)(=O)NC(C)C2CCOCC2)cc1CO. The second kappa shape index (κ2) is 6.87. The van der Waals surface area contributed by atoms with Crippen LogP contribution in [0, 0.1) is 12.8 Å². The van der Waals surface area contributed by atoms with Crippen LogP contribution < -0.4 is 4.72 Å². The lowest BCUT2D eigenvalue weighted by molar-refractivity contribution is 0.0585. The summed E-state index contributed by atoms with van der Waals surface area (Å²) in [4.78, 5) is 0.205. The largest absolute Gasteiger partial charge is 0.392 e. The van der Waals surface area contributed by atoms with Crippen molar-refractivity contribution in [2.24, 2.45) is 5.92 Å². The zero-order chi connectivity index (χ0) is 15.5. The van der Waals surface area contributed by atoms with Gasteiger partial charge in [-0.15, -0.1) is 0 Å².